The lowest BCUT2D eigenvalue weighted by molar-refractivity contribution is 0.107. The molecule has 0 amide bonds. The first-order valence-corrected chi connectivity index (χ1v) is 7.40. The normalized spacial score (nSPS) is 23.9. The molecule has 0 radical (unpaired) electrons. The Kier molecular flexibility index (Phi) is 4.16. The van der Waals surface area contributed by atoms with Crippen LogP contribution in [-0.4, -0.2) is 37.2 Å². The summed E-state index contributed by atoms with van der Waals surface area (Å²) in [5.74, 6) is 0. The first-order chi connectivity index (χ1) is 9.33. The highest BCUT2D eigenvalue weighted by Crippen LogP contribution is 2.20. The van der Waals surface area contributed by atoms with Gasteiger partial charge in [-0.25, -0.2) is 0 Å². The predicted molar refractivity (Wildman–Crippen MR) is 77.0 cm³/mol. The summed E-state index contributed by atoms with van der Waals surface area (Å²) in [6, 6.07) is 9.84. The van der Waals surface area contributed by atoms with Crippen LogP contribution in [0.25, 0.3) is 0 Å². The van der Waals surface area contributed by atoms with E-state index in [4.69, 9.17) is 4.74 Å². The average molecular weight is 260 g/mol. The van der Waals surface area contributed by atoms with Gasteiger partial charge in [0.05, 0.1) is 6.10 Å². The van der Waals surface area contributed by atoms with Crippen LogP contribution in [0.2, 0.25) is 0 Å². The fraction of sp³-hybridized carbons (Fsp3) is 0.625. The van der Waals surface area contributed by atoms with Gasteiger partial charge in [-0.2, -0.15) is 0 Å². The molecular formula is C16H24N2O. The molecule has 2 aliphatic rings. The molecule has 1 N–H and O–H groups in total. The molecule has 104 valence electrons. The van der Waals surface area contributed by atoms with Crippen LogP contribution in [0.5, 0.6) is 0 Å². The molecule has 19 heavy (non-hydrogen) atoms. The van der Waals surface area contributed by atoms with E-state index in [1.807, 2.05) is 7.11 Å². The summed E-state index contributed by atoms with van der Waals surface area (Å²) in [5, 5.41) is 3.55. The van der Waals surface area contributed by atoms with Crippen LogP contribution in [0.1, 0.15) is 30.4 Å². The second-order valence-corrected chi connectivity index (χ2v) is 5.85. The second kappa shape index (κ2) is 6.04. The highest BCUT2D eigenvalue weighted by molar-refractivity contribution is 5.22. The lowest BCUT2D eigenvalue weighted by Gasteiger charge is -2.15. The highest BCUT2D eigenvalue weighted by atomic mass is 16.5. The minimum absolute atomic E-state index is 0.432. The van der Waals surface area contributed by atoms with Crippen molar-refractivity contribution in [2.75, 3.05) is 20.2 Å². The van der Waals surface area contributed by atoms with Gasteiger partial charge in [0.25, 0.3) is 0 Å². The Bertz CT molecular complexity index is 400. The number of methoxy groups -OCH3 is 1. The first kappa shape index (κ1) is 13.1. The van der Waals surface area contributed by atoms with Gasteiger partial charge in [-0.3, -0.25) is 4.90 Å². The van der Waals surface area contributed by atoms with Gasteiger partial charge in [-0.05, 0) is 30.4 Å². The van der Waals surface area contributed by atoms with E-state index in [0.29, 0.717) is 6.10 Å². The maximum atomic E-state index is 5.41. The fourth-order valence-electron chi connectivity index (χ4n) is 2.70. The number of benzene rings is 1. The minimum atomic E-state index is 0.432. The molecule has 3 heteroatoms. The number of nitrogens with zero attached hydrogens (tertiary/aromatic N) is 1. The van der Waals surface area contributed by atoms with Crippen LogP contribution in [0.3, 0.4) is 0 Å². The third kappa shape index (κ3) is 3.78. The molecule has 1 saturated heterocycles. The molecule has 1 aromatic rings. The van der Waals surface area contributed by atoms with Gasteiger partial charge in [0.2, 0.25) is 0 Å². The number of rotatable bonds is 6. The topological polar surface area (TPSA) is 24.5 Å². The van der Waals surface area contributed by atoms with E-state index in [1.54, 1.807) is 0 Å². The molecule has 0 aromatic heterocycles. The van der Waals surface area contributed by atoms with Crippen molar-refractivity contribution in [2.45, 2.75) is 44.5 Å². The van der Waals surface area contributed by atoms with E-state index < -0.39 is 0 Å². The zero-order chi connectivity index (χ0) is 13.1. The van der Waals surface area contributed by atoms with E-state index in [0.717, 1.165) is 32.2 Å². The van der Waals surface area contributed by atoms with Crippen LogP contribution < -0.4 is 5.32 Å². The largest absolute Gasteiger partial charge is 0.380 e. The zero-order valence-electron chi connectivity index (χ0n) is 11.8. The molecule has 0 bridgehead atoms. The Hall–Kier alpha value is -0.900. The maximum absolute atomic E-state index is 5.41. The average Bonchev–Trinajstić information content (AvgIpc) is 3.17. The van der Waals surface area contributed by atoms with E-state index in [-0.39, 0.29) is 0 Å². The monoisotopic (exact) mass is 260 g/mol. The van der Waals surface area contributed by atoms with Gasteiger partial charge in [0.15, 0.2) is 0 Å². The maximum Gasteiger partial charge on any atom is 0.0710 e. The molecule has 1 aliphatic heterocycles. The van der Waals surface area contributed by atoms with Crippen LogP contribution >= 0.6 is 0 Å². The summed E-state index contributed by atoms with van der Waals surface area (Å²) >= 11 is 0. The van der Waals surface area contributed by atoms with Crippen molar-refractivity contribution in [3.63, 3.8) is 0 Å². The summed E-state index contributed by atoms with van der Waals surface area (Å²) < 4.78 is 5.41. The SMILES string of the molecule is COC1CCN(Cc2ccc(CNC3CC3)cc2)C1. The molecule has 3 rings (SSSR count). The number of likely N-dealkylation sites (tertiary alicyclic amines) is 1. The smallest absolute Gasteiger partial charge is 0.0710 e. The highest BCUT2D eigenvalue weighted by Gasteiger charge is 2.22. The van der Waals surface area contributed by atoms with Crippen molar-refractivity contribution in [1.82, 2.24) is 10.2 Å². The molecule has 3 nitrogen and oxygen atoms in total. The number of hydrogen-bond acceptors (Lipinski definition) is 3. The molecular weight excluding hydrogens is 236 g/mol. The summed E-state index contributed by atoms with van der Waals surface area (Å²) in [6.07, 6.45) is 4.31. The summed E-state index contributed by atoms with van der Waals surface area (Å²) in [4.78, 5) is 2.48. The van der Waals surface area contributed by atoms with Gasteiger partial charge in [0, 0.05) is 39.3 Å². The number of ether oxygens (including phenoxy) is 1. The van der Waals surface area contributed by atoms with Crippen molar-refractivity contribution in [3.05, 3.63) is 35.4 Å². The molecule has 1 aromatic carbocycles. The van der Waals surface area contributed by atoms with Crippen LogP contribution in [0, 0.1) is 0 Å². The van der Waals surface area contributed by atoms with Gasteiger partial charge < -0.3 is 10.1 Å². The van der Waals surface area contributed by atoms with Crippen LogP contribution in [-0.2, 0) is 17.8 Å². The predicted octanol–water partition coefficient (Wildman–Crippen LogP) is 2.16. The third-order valence-electron chi connectivity index (χ3n) is 4.16. The Balaban J connectivity index is 1.48. The number of nitrogens with one attached hydrogen (secondary N) is 1. The Morgan fingerprint density at radius 1 is 1.16 bits per heavy atom. The van der Waals surface area contributed by atoms with E-state index in [2.05, 4.69) is 34.5 Å². The Morgan fingerprint density at radius 2 is 1.89 bits per heavy atom. The Morgan fingerprint density at radius 3 is 2.53 bits per heavy atom. The van der Waals surface area contributed by atoms with Crippen LogP contribution in [0.15, 0.2) is 24.3 Å². The van der Waals surface area contributed by atoms with Gasteiger partial charge in [-0.15, -0.1) is 0 Å². The Labute approximate surface area is 115 Å². The molecule has 0 spiro atoms. The summed E-state index contributed by atoms with van der Waals surface area (Å²) in [6.45, 7) is 4.29. The lowest BCUT2D eigenvalue weighted by Crippen LogP contribution is -2.22. The van der Waals surface area contributed by atoms with Gasteiger partial charge in [0.1, 0.15) is 0 Å². The second-order valence-electron chi connectivity index (χ2n) is 5.85. The third-order valence-corrected chi connectivity index (χ3v) is 4.16. The fourth-order valence-corrected chi connectivity index (χ4v) is 2.70. The lowest BCUT2D eigenvalue weighted by atomic mass is 10.1. The van der Waals surface area contributed by atoms with Crippen molar-refractivity contribution in [2.24, 2.45) is 0 Å². The molecule has 1 atom stereocenters. The molecule has 2 fully saturated rings. The van der Waals surface area contributed by atoms with Crippen LogP contribution in [0.4, 0.5) is 0 Å². The quantitative estimate of drug-likeness (QED) is 0.848. The van der Waals surface area contributed by atoms with Gasteiger partial charge >= 0.3 is 0 Å². The standard InChI is InChI=1S/C16H24N2O/c1-19-16-8-9-18(12-16)11-14-4-2-13(3-5-14)10-17-15-6-7-15/h2-5,15-17H,6-12H2,1H3. The van der Waals surface area contributed by atoms with Gasteiger partial charge in [-0.1, -0.05) is 24.3 Å². The van der Waals surface area contributed by atoms with Crippen molar-refractivity contribution >= 4 is 0 Å². The molecule has 1 heterocycles. The van der Waals surface area contributed by atoms with Crippen molar-refractivity contribution in [1.29, 1.82) is 0 Å². The zero-order valence-corrected chi connectivity index (χ0v) is 11.8. The molecule has 1 aliphatic carbocycles. The molecule has 1 saturated carbocycles. The van der Waals surface area contributed by atoms with E-state index in [1.165, 1.54) is 30.4 Å². The van der Waals surface area contributed by atoms with Crippen molar-refractivity contribution < 1.29 is 4.74 Å². The van der Waals surface area contributed by atoms with Crippen molar-refractivity contribution in [3.8, 4) is 0 Å². The van der Waals surface area contributed by atoms with E-state index in [9.17, 15) is 0 Å². The first-order valence-electron chi connectivity index (χ1n) is 7.40. The minimum Gasteiger partial charge on any atom is -0.380 e. The molecule has 1 unspecified atom stereocenters. The number of hydrogen-bond donors (Lipinski definition) is 1. The summed E-state index contributed by atoms with van der Waals surface area (Å²) in [7, 11) is 1.82. The summed E-state index contributed by atoms with van der Waals surface area (Å²) in [5.41, 5.74) is 2.80. The van der Waals surface area contributed by atoms with E-state index >= 15 is 0 Å².